The van der Waals surface area contributed by atoms with E-state index in [2.05, 4.69) is 31.9 Å². The van der Waals surface area contributed by atoms with Gasteiger partial charge in [-0.1, -0.05) is 34.1 Å². The molecule has 0 saturated carbocycles. The number of methoxy groups -OCH3 is 2. The van der Waals surface area contributed by atoms with Crippen molar-refractivity contribution < 1.29 is 13.9 Å². The van der Waals surface area contributed by atoms with Crippen molar-refractivity contribution in [1.29, 1.82) is 0 Å². The Hall–Kier alpha value is -1.07. The topological polar surface area (TPSA) is 18.5 Å². The van der Waals surface area contributed by atoms with E-state index >= 15 is 0 Å². The molecule has 0 N–H and O–H groups in total. The highest BCUT2D eigenvalue weighted by Crippen LogP contribution is 2.42. The molecule has 0 amide bonds. The predicted octanol–water partition coefficient (Wildman–Crippen LogP) is 5.28. The molecule has 0 saturated heterocycles. The molecule has 0 heterocycles. The fourth-order valence-corrected chi connectivity index (χ4v) is 3.56. The monoisotopic (exact) mass is 416 g/mol. The van der Waals surface area contributed by atoms with Crippen LogP contribution in [0.2, 0.25) is 0 Å². The molecule has 2 aromatic carbocycles. The minimum Gasteiger partial charge on any atom is -0.495 e. The van der Waals surface area contributed by atoms with E-state index in [9.17, 15) is 4.39 Å². The van der Waals surface area contributed by atoms with Crippen LogP contribution in [0.25, 0.3) is 0 Å². The van der Waals surface area contributed by atoms with Gasteiger partial charge in [0.1, 0.15) is 21.8 Å². The lowest BCUT2D eigenvalue weighted by atomic mass is 10.0. The van der Waals surface area contributed by atoms with Crippen LogP contribution in [0.15, 0.2) is 40.9 Å². The van der Waals surface area contributed by atoms with Crippen LogP contribution in [0, 0.1) is 5.82 Å². The minimum atomic E-state index is -0.227. The standard InChI is InChI=1S/C16H15Br2FO2/c1-20-14-7-6-12(16(21-2)15(14)18)13(17)9-10-4-3-5-11(19)8-10/h3-8,13H,9H2,1-2H3. The van der Waals surface area contributed by atoms with Crippen molar-refractivity contribution in [3.8, 4) is 11.5 Å². The van der Waals surface area contributed by atoms with Crippen molar-refractivity contribution in [2.24, 2.45) is 0 Å². The van der Waals surface area contributed by atoms with E-state index in [-0.39, 0.29) is 10.6 Å². The van der Waals surface area contributed by atoms with Crippen molar-refractivity contribution in [1.82, 2.24) is 0 Å². The molecule has 2 aromatic rings. The van der Waals surface area contributed by atoms with E-state index in [0.29, 0.717) is 17.9 Å². The molecule has 2 nitrogen and oxygen atoms in total. The zero-order chi connectivity index (χ0) is 15.4. The van der Waals surface area contributed by atoms with Crippen LogP contribution in [0.4, 0.5) is 4.39 Å². The maximum Gasteiger partial charge on any atom is 0.141 e. The summed E-state index contributed by atoms with van der Waals surface area (Å²) in [6, 6.07) is 10.4. The number of halogens is 3. The summed E-state index contributed by atoms with van der Waals surface area (Å²) in [5, 5.41) is 0. The molecule has 0 bridgehead atoms. The number of benzene rings is 2. The van der Waals surface area contributed by atoms with Gasteiger partial charge in [0, 0.05) is 10.4 Å². The Balaban J connectivity index is 2.30. The summed E-state index contributed by atoms with van der Waals surface area (Å²) in [6.45, 7) is 0. The van der Waals surface area contributed by atoms with E-state index in [4.69, 9.17) is 9.47 Å². The number of alkyl halides is 1. The maximum atomic E-state index is 13.3. The van der Waals surface area contributed by atoms with Crippen molar-refractivity contribution in [2.75, 3.05) is 14.2 Å². The Kier molecular flexibility index (Phi) is 5.65. The number of hydrogen-bond acceptors (Lipinski definition) is 2. The van der Waals surface area contributed by atoms with Crippen molar-refractivity contribution in [2.45, 2.75) is 11.2 Å². The van der Waals surface area contributed by atoms with Crippen LogP contribution >= 0.6 is 31.9 Å². The van der Waals surface area contributed by atoms with Gasteiger partial charge in [-0.05, 0) is 46.1 Å². The highest BCUT2D eigenvalue weighted by molar-refractivity contribution is 9.10. The Morgan fingerprint density at radius 3 is 2.52 bits per heavy atom. The van der Waals surface area contributed by atoms with E-state index in [0.717, 1.165) is 15.6 Å². The van der Waals surface area contributed by atoms with Gasteiger partial charge < -0.3 is 9.47 Å². The molecule has 1 unspecified atom stereocenters. The summed E-state index contributed by atoms with van der Waals surface area (Å²) in [7, 11) is 3.22. The van der Waals surface area contributed by atoms with Gasteiger partial charge in [-0.3, -0.25) is 0 Å². The van der Waals surface area contributed by atoms with Gasteiger partial charge in [-0.2, -0.15) is 0 Å². The number of rotatable bonds is 5. The third-order valence-corrected chi connectivity index (χ3v) is 4.73. The van der Waals surface area contributed by atoms with E-state index in [1.54, 1.807) is 26.4 Å². The van der Waals surface area contributed by atoms with Crippen LogP contribution in [0.5, 0.6) is 11.5 Å². The summed E-state index contributed by atoms with van der Waals surface area (Å²) in [4.78, 5) is 0.0106. The zero-order valence-electron chi connectivity index (χ0n) is 11.7. The smallest absolute Gasteiger partial charge is 0.141 e. The van der Waals surface area contributed by atoms with Crippen LogP contribution in [-0.4, -0.2) is 14.2 Å². The molecule has 0 aliphatic heterocycles. The first-order valence-electron chi connectivity index (χ1n) is 6.35. The molecule has 112 valence electrons. The summed E-state index contributed by atoms with van der Waals surface area (Å²) in [5.41, 5.74) is 1.90. The second-order valence-corrected chi connectivity index (χ2v) is 6.40. The van der Waals surface area contributed by atoms with Crippen LogP contribution in [-0.2, 0) is 6.42 Å². The minimum absolute atomic E-state index is 0.0106. The summed E-state index contributed by atoms with van der Waals surface area (Å²) in [5.74, 6) is 1.20. The molecule has 0 aliphatic rings. The average molecular weight is 418 g/mol. The summed E-state index contributed by atoms with van der Waals surface area (Å²) in [6.07, 6.45) is 0.660. The third kappa shape index (κ3) is 3.77. The molecule has 5 heteroatoms. The van der Waals surface area contributed by atoms with Gasteiger partial charge in [-0.25, -0.2) is 4.39 Å². The number of hydrogen-bond donors (Lipinski definition) is 0. The molecule has 1 atom stereocenters. The first kappa shape index (κ1) is 16.3. The summed E-state index contributed by atoms with van der Waals surface area (Å²) >= 11 is 7.14. The van der Waals surface area contributed by atoms with Crippen molar-refractivity contribution in [3.05, 3.63) is 57.8 Å². The molecule has 0 aromatic heterocycles. The average Bonchev–Trinajstić information content (AvgIpc) is 2.46. The second kappa shape index (κ2) is 7.27. The molecule has 0 aliphatic carbocycles. The van der Waals surface area contributed by atoms with Gasteiger partial charge in [0.25, 0.3) is 0 Å². The Labute approximate surface area is 140 Å². The van der Waals surface area contributed by atoms with Gasteiger partial charge in [-0.15, -0.1) is 0 Å². The van der Waals surface area contributed by atoms with Crippen molar-refractivity contribution >= 4 is 31.9 Å². The van der Waals surface area contributed by atoms with Gasteiger partial charge >= 0.3 is 0 Å². The lowest BCUT2D eigenvalue weighted by molar-refractivity contribution is 0.386. The van der Waals surface area contributed by atoms with Gasteiger partial charge in [0.2, 0.25) is 0 Å². The lowest BCUT2D eigenvalue weighted by Crippen LogP contribution is -2.01. The third-order valence-electron chi connectivity index (χ3n) is 3.16. The molecular formula is C16H15Br2FO2. The predicted molar refractivity (Wildman–Crippen MR) is 89.0 cm³/mol. The van der Waals surface area contributed by atoms with Crippen molar-refractivity contribution in [3.63, 3.8) is 0 Å². The van der Waals surface area contributed by atoms with Gasteiger partial charge in [0.05, 0.1) is 14.2 Å². The molecule has 0 radical (unpaired) electrons. The SMILES string of the molecule is COc1ccc(C(Br)Cc2cccc(F)c2)c(OC)c1Br. The molecule has 0 spiro atoms. The summed E-state index contributed by atoms with van der Waals surface area (Å²) < 4.78 is 24.8. The highest BCUT2D eigenvalue weighted by Gasteiger charge is 2.19. The molecular weight excluding hydrogens is 403 g/mol. The maximum absolute atomic E-state index is 13.3. The first-order valence-corrected chi connectivity index (χ1v) is 8.06. The second-order valence-electron chi connectivity index (χ2n) is 4.51. The first-order chi connectivity index (χ1) is 10.1. The molecule has 21 heavy (non-hydrogen) atoms. The molecule has 2 rings (SSSR count). The van der Waals surface area contributed by atoms with Gasteiger partial charge in [0.15, 0.2) is 0 Å². The lowest BCUT2D eigenvalue weighted by Gasteiger charge is -2.17. The highest BCUT2D eigenvalue weighted by atomic mass is 79.9. The Bertz CT molecular complexity index is 632. The quantitative estimate of drug-likeness (QED) is 0.615. The normalized spacial score (nSPS) is 12.0. The van der Waals surface area contributed by atoms with Crippen LogP contribution < -0.4 is 9.47 Å². The molecule has 0 fully saturated rings. The Morgan fingerprint density at radius 1 is 1.14 bits per heavy atom. The van der Waals surface area contributed by atoms with Crippen LogP contribution in [0.1, 0.15) is 16.0 Å². The van der Waals surface area contributed by atoms with Crippen LogP contribution in [0.3, 0.4) is 0 Å². The zero-order valence-corrected chi connectivity index (χ0v) is 14.9. The van der Waals surface area contributed by atoms with E-state index < -0.39 is 0 Å². The van der Waals surface area contributed by atoms with E-state index in [1.165, 1.54) is 6.07 Å². The number of ether oxygens (including phenoxy) is 2. The fraction of sp³-hybridized carbons (Fsp3) is 0.250. The largest absolute Gasteiger partial charge is 0.495 e. The Morgan fingerprint density at radius 2 is 1.90 bits per heavy atom. The van der Waals surface area contributed by atoms with E-state index in [1.807, 2.05) is 18.2 Å². The fourth-order valence-electron chi connectivity index (χ4n) is 2.15.